The molecule has 0 saturated carbocycles. The molecule has 3 fully saturated rings. The molecule has 7 atom stereocenters. The Bertz CT molecular complexity index is 349. The fraction of sp³-hybridized carbons (Fsp3) is 0.667. The van der Waals surface area contributed by atoms with Gasteiger partial charge in [-0.2, -0.15) is 0 Å². The summed E-state index contributed by atoms with van der Waals surface area (Å²) in [6, 6.07) is 0. The topological polar surface area (TPSA) is 46.2 Å². The minimum Gasteiger partial charge on any atom is -0.342 e. The Labute approximate surface area is 110 Å². The number of alkyl halides is 1. The molecule has 0 aromatic carbocycles. The molecule has 0 radical (unpaired) electrons. The first-order chi connectivity index (χ1) is 8.76. The van der Waals surface area contributed by atoms with Crippen molar-refractivity contribution in [3.05, 3.63) is 25.3 Å². The molecule has 100 valence electrons. The normalized spacial score (nSPS) is 50.6. The van der Waals surface area contributed by atoms with Crippen molar-refractivity contribution in [1.29, 1.82) is 0 Å². The van der Waals surface area contributed by atoms with Crippen LogP contribution in [-0.4, -0.2) is 49.2 Å². The lowest BCUT2D eigenvalue weighted by molar-refractivity contribution is -0.273. The van der Waals surface area contributed by atoms with Crippen molar-refractivity contribution in [3.63, 3.8) is 0 Å². The van der Waals surface area contributed by atoms with Crippen LogP contribution in [0.3, 0.4) is 0 Å². The lowest BCUT2D eigenvalue weighted by Gasteiger charge is -2.37. The van der Waals surface area contributed by atoms with Gasteiger partial charge in [-0.3, -0.25) is 0 Å². The highest BCUT2D eigenvalue weighted by Crippen LogP contribution is 2.39. The third-order valence-corrected chi connectivity index (χ3v) is 3.57. The van der Waals surface area contributed by atoms with Gasteiger partial charge in [0.05, 0.1) is 5.88 Å². The van der Waals surface area contributed by atoms with Crippen molar-refractivity contribution in [1.82, 2.24) is 0 Å². The molecule has 0 aromatic rings. The van der Waals surface area contributed by atoms with Crippen molar-refractivity contribution in [2.75, 3.05) is 5.88 Å². The van der Waals surface area contributed by atoms with Gasteiger partial charge in [-0.1, -0.05) is 13.2 Å². The molecule has 3 rings (SSSR count). The predicted molar refractivity (Wildman–Crippen MR) is 63.1 cm³/mol. The zero-order valence-corrected chi connectivity index (χ0v) is 10.5. The maximum atomic E-state index is 5.89. The van der Waals surface area contributed by atoms with Crippen LogP contribution in [0.15, 0.2) is 25.3 Å². The molecule has 0 N–H and O–H groups in total. The van der Waals surface area contributed by atoms with E-state index >= 15 is 0 Å². The van der Waals surface area contributed by atoms with Gasteiger partial charge in [0.1, 0.15) is 24.4 Å². The molecule has 18 heavy (non-hydrogen) atoms. The fourth-order valence-corrected chi connectivity index (χ4v) is 2.71. The van der Waals surface area contributed by atoms with Gasteiger partial charge in [-0.15, -0.1) is 11.6 Å². The van der Waals surface area contributed by atoms with Crippen molar-refractivity contribution in [2.24, 2.45) is 0 Å². The summed E-state index contributed by atoms with van der Waals surface area (Å²) >= 11 is 5.89. The van der Waals surface area contributed by atoms with Crippen LogP contribution in [-0.2, 0) is 23.7 Å². The summed E-state index contributed by atoms with van der Waals surface area (Å²) in [5.41, 5.74) is 0. The van der Waals surface area contributed by atoms with Gasteiger partial charge in [-0.05, 0) is 12.2 Å². The van der Waals surface area contributed by atoms with E-state index in [9.17, 15) is 0 Å². The monoisotopic (exact) mass is 274 g/mol. The predicted octanol–water partition coefficient (Wildman–Crippen LogP) is 1.17. The highest BCUT2D eigenvalue weighted by molar-refractivity contribution is 6.18. The average molecular weight is 275 g/mol. The standard InChI is InChI=1S/C12H15ClO5/c1-3-7-14-6(5-13)9-10(15-7)11-12(18-9)17-8(4-2)16-11/h3-4,6-12H,1-2,5H2. The van der Waals surface area contributed by atoms with E-state index in [1.54, 1.807) is 12.2 Å². The Morgan fingerprint density at radius 2 is 1.50 bits per heavy atom. The number of halogens is 1. The number of rotatable bonds is 3. The van der Waals surface area contributed by atoms with Gasteiger partial charge < -0.3 is 23.7 Å². The molecule has 0 bridgehead atoms. The SMILES string of the molecule is C=CC1OC2OC3C(CCl)OC(C=C)OC3C2O1. The summed E-state index contributed by atoms with van der Waals surface area (Å²) < 4.78 is 28.3. The van der Waals surface area contributed by atoms with Crippen LogP contribution >= 0.6 is 11.6 Å². The second-order valence-corrected chi connectivity index (χ2v) is 4.65. The molecular formula is C12H15ClO5. The lowest BCUT2D eigenvalue weighted by atomic mass is 10.1. The molecule has 3 aliphatic rings. The smallest absolute Gasteiger partial charge is 0.190 e. The summed E-state index contributed by atoms with van der Waals surface area (Å²) in [5, 5.41) is 0. The second-order valence-electron chi connectivity index (χ2n) is 4.34. The molecule has 3 saturated heterocycles. The molecule has 3 aliphatic heterocycles. The lowest BCUT2D eigenvalue weighted by Crippen LogP contribution is -2.51. The van der Waals surface area contributed by atoms with Crippen LogP contribution in [0.1, 0.15) is 0 Å². The zero-order chi connectivity index (χ0) is 12.7. The van der Waals surface area contributed by atoms with E-state index in [-0.39, 0.29) is 24.4 Å². The van der Waals surface area contributed by atoms with Crippen molar-refractivity contribution >= 4 is 11.6 Å². The van der Waals surface area contributed by atoms with Gasteiger partial charge >= 0.3 is 0 Å². The first-order valence-corrected chi connectivity index (χ1v) is 6.38. The Morgan fingerprint density at radius 3 is 2.17 bits per heavy atom. The van der Waals surface area contributed by atoms with Crippen LogP contribution in [0, 0.1) is 0 Å². The first kappa shape index (κ1) is 12.6. The summed E-state index contributed by atoms with van der Waals surface area (Å²) in [6.07, 6.45) is 0.682. The van der Waals surface area contributed by atoms with Crippen LogP contribution in [0.4, 0.5) is 0 Å². The third kappa shape index (κ3) is 1.91. The molecule has 0 aromatic heterocycles. The Hall–Kier alpha value is -0.430. The average Bonchev–Trinajstić information content (AvgIpc) is 2.94. The maximum Gasteiger partial charge on any atom is 0.190 e. The van der Waals surface area contributed by atoms with E-state index in [0.29, 0.717) is 5.88 Å². The van der Waals surface area contributed by atoms with Crippen molar-refractivity contribution < 1.29 is 23.7 Å². The zero-order valence-electron chi connectivity index (χ0n) is 9.74. The Morgan fingerprint density at radius 1 is 0.833 bits per heavy atom. The summed E-state index contributed by atoms with van der Waals surface area (Å²) in [7, 11) is 0. The van der Waals surface area contributed by atoms with Crippen LogP contribution < -0.4 is 0 Å². The highest BCUT2D eigenvalue weighted by atomic mass is 35.5. The number of hydrogen-bond donors (Lipinski definition) is 0. The van der Waals surface area contributed by atoms with Gasteiger partial charge in [-0.25, -0.2) is 0 Å². The Kier molecular flexibility index (Phi) is 3.44. The molecule has 0 spiro atoms. The van der Waals surface area contributed by atoms with Gasteiger partial charge in [0.2, 0.25) is 0 Å². The minimum absolute atomic E-state index is 0.256. The fourth-order valence-electron chi connectivity index (χ4n) is 2.46. The molecule has 6 heteroatoms. The third-order valence-electron chi connectivity index (χ3n) is 3.27. The molecule has 7 unspecified atom stereocenters. The first-order valence-electron chi connectivity index (χ1n) is 5.85. The Balaban J connectivity index is 1.78. The molecular weight excluding hydrogens is 260 g/mol. The van der Waals surface area contributed by atoms with E-state index in [2.05, 4.69) is 13.2 Å². The quantitative estimate of drug-likeness (QED) is 0.571. The summed E-state index contributed by atoms with van der Waals surface area (Å²) in [5.74, 6) is 0.319. The second kappa shape index (κ2) is 4.92. The van der Waals surface area contributed by atoms with E-state index in [0.717, 1.165) is 0 Å². The van der Waals surface area contributed by atoms with Gasteiger partial charge in [0.25, 0.3) is 0 Å². The van der Waals surface area contributed by atoms with Crippen molar-refractivity contribution in [2.45, 2.75) is 43.3 Å². The number of ether oxygens (including phenoxy) is 5. The molecule has 3 heterocycles. The maximum absolute atomic E-state index is 5.89. The largest absolute Gasteiger partial charge is 0.342 e. The molecule has 0 aliphatic carbocycles. The summed E-state index contributed by atoms with van der Waals surface area (Å²) in [6.45, 7) is 7.29. The molecule has 0 amide bonds. The van der Waals surface area contributed by atoms with Crippen LogP contribution in [0.2, 0.25) is 0 Å². The van der Waals surface area contributed by atoms with E-state index in [1.807, 2.05) is 0 Å². The number of fused-ring (bicyclic) bond motifs is 3. The van der Waals surface area contributed by atoms with Crippen LogP contribution in [0.5, 0.6) is 0 Å². The molecule has 5 nitrogen and oxygen atoms in total. The van der Waals surface area contributed by atoms with E-state index in [4.69, 9.17) is 35.3 Å². The minimum atomic E-state index is -0.497. The summed E-state index contributed by atoms with van der Waals surface area (Å²) in [4.78, 5) is 0. The van der Waals surface area contributed by atoms with Gasteiger partial charge in [0, 0.05) is 0 Å². The van der Waals surface area contributed by atoms with Crippen LogP contribution in [0.25, 0.3) is 0 Å². The number of hydrogen-bond acceptors (Lipinski definition) is 5. The van der Waals surface area contributed by atoms with E-state index in [1.165, 1.54) is 0 Å². The van der Waals surface area contributed by atoms with E-state index < -0.39 is 18.9 Å². The highest BCUT2D eigenvalue weighted by Gasteiger charge is 2.57. The van der Waals surface area contributed by atoms with Crippen molar-refractivity contribution in [3.8, 4) is 0 Å². The van der Waals surface area contributed by atoms with Gasteiger partial charge in [0.15, 0.2) is 18.9 Å².